The lowest BCUT2D eigenvalue weighted by Gasteiger charge is -2.19. The molecule has 1 amide bonds. The molecule has 3 heteroatoms. The third kappa shape index (κ3) is 3.17. The number of aryl methyl sites for hydroxylation is 2. The van der Waals surface area contributed by atoms with Gasteiger partial charge in [0.2, 0.25) is 0 Å². The fourth-order valence-corrected chi connectivity index (χ4v) is 3.26. The first-order valence-electron chi connectivity index (χ1n) is 9.05. The van der Waals surface area contributed by atoms with Crippen LogP contribution in [-0.2, 0) is 0 Å². The van der Waals surface area contributed by atoms with Crippen LogP contribution in [0.2, 0.25) is 0 Å². The summed E-state index contributed by atoms with van der Waals surface area (Å²) in [4.78, 5) is 14.6. The number of carbonyl (C=O) groups is 1. The lowest BCUT2D eigenvalue weighted by atomic mass is 9.97. The number of carbonyl (C=O) groups excluding carboxylic acids is 1. The zero-order chi connectivity index (χ0) is 18.8. The van der Waals surface area contributed by atoms with E-state index in [1.54, 1.807) is 4.90 Å². The Morgan fingerprint density at radius 1 is 0.923 bits per heavy atom. The standard InChI is InChI=1S/C23H26N2O/c1-6-25(5)23(26)19-13-14-21(18-11-7-10-16(3)22(18)19)24-20-12-8-9-15(2)17(20)4/h7-14,24H,6H2,1-5H3. The largest absolute Gasteiger partial charge is 0.355 e. The van der Waals surface area contributed by atoms with Gasteiger partial charge in [-0.25, -0.2) is 0 Å². The summed E-state index contributed by atoms with van der Waals surface area (Å²) in [5.74, 6) is 0.0603. The number of fused-ring (bicyclic) bond motifs is 1. The molecule has 0 atom stereocenters. The van der Waals surface area contributed by atoms with Crippen molar-refractivity contribution in [3.05, 3.63) is 70.8 Å². The Hall–Kier alpha value is -2.81. The highest BCUT2D eigenvalue weighted by molar-refractivity contribution is 6.11. The zero-order valence-corrected chi connectivity index (χ0v) is 16.2. The Morgan fingerprint density at radius 3 is 2.35 bits per heavy atom. The lowest BCUT2D eigenvalue weighted by molar-refractivity contribution is 0.0804. The van der Waals surface area contributed by atoms with Crippen molar-refractivity contribution in [3.63, 3.8) is 0 Å². The van der Waals surface area contributed by atoms with Crippen LogP contribution in [0.15, 0.2) is 48.5 Å². The first-order chi connectivity index (χ1) is 12.4. The number of nitrogens with zero attached hydrogens (tertiary/aromatic N) is 1. The predicted octanol–water partition coefficient (Wildman–Crippen LogP) is 5.60. The average Bonchev–Trinajstić information content (AvgIpc) is 2.64. The van der Waals surface area contributed by atoms with E-state index < -0.39 is 0 Å². The molecule has 0 heterocycles. The minimum absolute atomic E-state index is 0.0603. The van der Waals surface area contributed by atoms with Crippen LogP contribution < -0.4 is 5.32 Å². The highest BCUT2D eigenvalue weighted by Gasteiger charge is 2.17. The molecule has 0 radical (unpaired) electrons. The summed E-state index contributed by atoms with van der Waals surface area (Å²) in [5, 5.41) is 5.66. The molecule has 0 saturated carbocycles. The molecule has 0 bridgehead atoms. The van der Waals surface area contributed by atoms with Gasteiger partial charge in [-0.15, -0.1) is 0 Å². The third-order valence-electron chi connectivity index (χ3n) is 5.17. The van der Waals surface area contributed by atoms with Crippen molar-refractivity contribution < 1.29 is 4.79 Å². The molecule has 0 fully saturated rings. The van der Waals surface area contributed by atoms with E-state index >= 15 is 0 Å². The summed E-state index contributed by atoms with van der Waals surface area (Å²) in [6.07, 6.45) is 0. The van der Waals surface area contributed by atoms with Crippen LogP contribution in [-0.4, -0.2) is 24.4 Å². The monoisotopic (exact) mass is 346 g/mol. The molecule has 0 aliphatic rings. The van der Waals surface area contributed by atoms with E-state index in [4.69, 9.17) is 0 Å². The molecule has 0 saturated heterocycles. The van der Waals surface area contributed by atoms with Gasteiger partial charge in [-0.05, 0) is 68.0 Å². The van der Waals surface area contributed by atoms with E-state index in [9.17, 15) is 4.79 Å². The molecule has 0 aromatic heterocycles. The fourth-order valence-electron chi connectivity index (χ4n) is 3.26. The Morgan fingerprint density at radius 2 is 1.62 bits per heavy atom. The van der Waals surface area contributed by atoms with Gasteiger partial charge in [0.25, 0.3) is 5.91 Å². The van der Waals surface area contributed by atoms with Crippen LogP contribution in [0.5, 0.6) is 0 Å². The quantitative estimate of drug-likeness (QED) is 0.667. The second-order valence-corrected chi connectivity index (χ2v) is 6.85. The molecule has 1 N–H and O–H groups in total. The van der Waals surface area contributed by atoms with Crippen molar-refractivity contribution in [1.82, 2.24) is 4.90 Å². The van der Waals surface area contributed by atoms with E-state index in [0.29, 0.717) is 6.54 Å². The molecule has 0 unspecified atom stereocenters. The van der Waals surface area contributed by atoms with Crippen molar-refractivity contribution in [2.24, 2.45) is 0 Å². The maximum atomic E-state index is 12.8. The molecule has 0 spiro atoms. The molecule has 3 rings (SSSR count). The normalized spacial score (nSPS) is 10.8. The zero-order valence-electron chi connectivity index (χ0n) is 16.2. The SMILES string of the molecule is CCN(C)C(=O)c1ccc(Nc2cccc(C)c2C)c2cccc(C)c12. The van der Waals surface area contributed by atoms with Crippen molar-refractivity contribution in [2.75, 3.05) is 18.9 Å². The van der Waals surface area contributed by atoms with Gasteiger partial charge in [0, 0.05) is 35.9 Å². The molecular formula is C23H26N2O. The lowest BCUT2D eigenvalue weighted by Crippen LogP contribution is -2.26. The molecule has 3 aromatic carbocycles. The highest BCUT2D eigenvalue weighted by atomic mass is 16.2. The minimum atomic E-state index is 0.0603. The predicted molar refractivity (Wildman–Crippen MR) is 111 cm³/mol. The Bertz CT molecular complexity index is 975. The molecule has 26 heavy (non-hydrogen) atoms. The number of nitrogens with one attached hydrogen (secondary N) is 1. The highest BCUT2D eigenvalue weighted by Crippen LogP contribution is 2.33. The van der Waals surface area contributed by atoms with Gasteiger partial charge in [0.15, 0.2) is 0 Å². The van der Waals surface area contributed by atoms with Gasteiger partial charge in [0.1, 0.15) is 0 Å². The maximum absolute atomic E-state index is 12.8. The Labute approximate surface area is 155 Å². The molecule has 0 aliphatic heterocycles. The first kappa shape index (κ1) is 18.0. The second kappa shape index (κ2) is 7.20. The number of rotatable bonds is 4. The summed E-state index contributed by atoms with van der Waals surface area (Å²) >= 11 is 0. The van der Waals surface area contributed by atoms with Gasteiger partial charge in [-0.1, -0.05) is 30.3 Å². The number of hydrogen-bond donors (Lipinski definition) is 1. The van der Waals surface area contributed by atoms with Crippen molar-refractivity contribution in [1.29, 1.82) is 0 Å². The summed E-state index contributed by atoms with van der Waals surface area (Å²) in [5.41, 5.74) is 6.48. The molecule has 0 aliphatic carbocycles. The van der Waals surface area contributed by atoms with Crippen molar-refractivity contribution in [3.8, 4) is 0 Å². The number of anilines is 2. The average molecular weight is 346 g/mol. The van der Waals surface area contributed by atoms with Crippen LogP contribution in [0.4, 0.5) is 11.4 Å². The van der Waals surface area contributed by atoms with Crippen LogP contribution in [0, 0.1) is 20.8 Å². The molecular weight excluding hydrogens is 320 g/mol. The maximum Gasteiger partial charge on any atom is 0.254 e. The first-order valence-corrected chi connectivity index (χ1v) is 9.05. The van der Waals surface area contributed by atoms with Gasteiger partial charge in [0.05, 0.1) is 0 Å². The number of benzene rings is 3. The molecule has 134 valence electrons. The number of amides is 1. The van der Waals surface area contributed by atoms with Gasteiger partial charge >= 0.3 is 0 Å². The minimum Gasteiger partial charge on any atom is -0.355 e. The fraction of sp³-hybridized carbons (Fsp3) is 0.261. The topological polar surface area (TPSA) is 32.3 Å². The van der Waals surface area contributed by atoms with Gasteiger partial charge < -0.3 is 10.2 Å². The molecule has 3 nitrogen and oxygen atoms in total. The van der Waals surface area contributed by atoms with E-state index in [2.05, 4.69) is 56.4 Å². The third-order valence-corrected chi connectivity index (χ3v) is 5.17. The van der Waals surface area contributed by atoms with E-state index in [1.165, 1.54) is 11.1 Å². The Balaban J connectivity index is 2.16. The Kier molecular flexibility index (Phi) is 4.99. The van der Waals surface area contributed by atoms with E-state index in [-0.39, 0.29) is 5.91 Å². The van der Waals surface area contributed by atoms with Gasteiger partial charge in [-0.3, -0.25) is 4.79 Å². The second-order valence-electron chi connectivity index (χ2n) is 6.85. The van der Waals surface area contributed by atoms with Crippen LogP contribution in [0.3, 0.4) is 0 Å². The van der Waals surface area contributed by atoms with Crippen LogP contribution >= 0.6 is 0 Å². The summed E-state index contributed by atoms with van der Waals surface area (Å²) < 4.78 is 0. The smallest absolute Gasteiger partial charge is 0.254 e. The van der Waals surface area contributed by atoms with Crippen molar-refractivity contribution >= 4 is 28.1 Å². The summed E-state index contributed by atoms with van der Waals surface area (Å²) in [7, 11) is 1.84. The van der Waals surface area contributed by atoms with Crippen molar-refractivity contribution in [2.45, 2.75) is 27.7 Å². The van der Waals surface area contributed by atoms with E-state index in [1.807, 2.05) is 32.2 Å². The van der Waals surface area contributed by atoms with Gasteiger partial charge in [-0.2, -0.15) is 0 Å². The summed E-state index contributed by atoms with van der Waals surface area (Å²) in [6.45, 7) is 8.98. The number of hydrogen-bond acceptors (Lipinski definition) is 2. The summed E-state index contributed by atoms with van der Waals surface area (Å²) in [6, 6.07) is 16.4. The van der Waals surface area contributed by atoms with E-state index in [0.717, 1.165) is 33.3 Å². The van der Waals surface area contributed by atoms with Crippen LogP contribution in [0.1, 0.15) is 34.0 Å². The van der Waals surface area contributed by atoms with Crippen LogP contribution in [0.25, 0.3) is 10.8 Å². The molecule has 3 aromatic rings.